The molecule has 1 heterocycles. The fourth-order valence-corrected chi connectivity index (χ4v) is 4.46. The quantitative estimate of drug-likeness (QED) is 0.541. The van der Waals surface area contributed by atoms with Crippen molar-refractivity contribution in [3.05, 3.63) is 59.3 Å². The Labute approximate surface area is 186 Å². The highest BCUT2D eigenvalue weighted by Crippen LogP contribution is 2.35. The van der Waals surface area contributed by atoms with Crippen molar-refractivity contribution in [1.29, 1.82) is 0 Å². The second kappa shape index (κ2) is 8.98. The first-order valence-corrected chi connectivity index (χ1v) is 11.2. The number of nitrogen functional groups attached to an aromatic ring is 1. The average molecular weight is 438 g/mol. The number of aromatic nitrogens is 1. The zero-order chi connectivity index (χ0) is 22.0. The molecule has 7 heteroatoms. The van der Waals surface area contributed by atoms with Crippen molar-refractivity contribution in [2.45, 2.75) is 26.2 Å². The van der Waals surface area contributed by atoms with Crippen molar-refractivity contribution in [1.82, 2.24) is 9.88 Å². The van der Waals surface area contributed by atoms with E-state index in [2.05, 4.69) is 11.1 Å². The van der Waals surface area contributed by atoms with Gasteiger partial charge in [-0.25, -0.2) is 4.98 Å². The van der Waals surface area contributed by atoms with Gasteiger partial charge in [-0.1, -0.05) is 47.2 Å². The van der Waals surface area contributed by atoms with E-state index in [1.165, 1.54) is 18.4 Å². The van der Waals surface area contributed by atoms with E-state index in [9.17, 15) is 9.90 Å². The zero-order valence-electron chi connectivity index (χ0n) is 17.8. The molecule has 1 saturated carbocycles. The molecular formula is C24H27N3O3S. The minimum Gasteiger partial charge on any atom is -0.504 e. The van der Waals surface area contributed by atoms with Crippen LogP contribution in [0.15, 0.2) is 42.5 Å². The molecule has 6 nitrogen and oxygen atoms in total. The van der Waals surface area contributed by atoms with Gasteiger partial charge in [0.05, 0.1) is 12.0 Å². The minimum atomic E-state index is -0.0814. The van der Waals surface area contributed by atoms with E-state index in [0.29, 0.717) is 35.5 Å². The number of aromatic hydroxyl groups is 1. The number of phenolic OH excluding ortho intramolecular Hbond substituents is 1. The number of hydrogen-bond acceptors (Lipinski definition) is 6. The number of nitrogens with zero attached hydrogens (tertiary/aromatic N) is 2. The summed E-state index contributed by atoms with van der Waals surface area (Å²) in [7, 11) is 1.53. The lowest BCUT2D eigenvalue weighted by molar-refractivity contribution is 0.0745. The monoisotopic (exact) mass is 437 g/mol. The van der Waals surface area contributed by atoms with Gasteiger partial charge in [0.1, 0.15) is 5.69 Å². The number of hydrogen-bond donors (Lipinski definition) is 2. The first kappa shape index (κ1) is 21.2. The van der Waals surface area contributed by atoms with E-state index in [-0.39, 0.29) is 11.7 Å². The van der Waals surface area contributed by atoms with Crippen LogP contribution in [0.4, 0.5) is 5.13 Å². The summed E-state index contributed by atoms with van der Waals surface area (Å²) in [6, 6.07) is 13.3. The molecule has 3 aromatic rings. The van der Waals surface area contributed by atoms with Gasteiger partial charge in [0.25, 0.3) is 5.91 Å². The van der Waals surface area contributed by atoms with Crippen LogP contribution in [0, 0.1) is 12.8 Å². The van der Waals surface area contributed by atoms with Crippen molar-refractivity contribution >= 4 is 22.4 Å². The van der Waals surface area contributed by atoms with Crippen LogP contribution in [0.3, 0.4) is 0 Å². The molecule has 3 N–H and O–H groups in total. The third kappa shape index (κ3) is 4.99. The summed E-state index contributed by atoms with van der Waals surface area (Å²) in [5, 5.41) is 10.2. The number of aryl methyl sites for hydroxylation is 1. The predicted molar refractivity (Wildman–Crippen MR) is 124 cm³/mol. The Morgan fingerprint density at radius 3 is 2.81 bits per heavy atom. The van der Waals surface area contributed by atoms with Crippen LogP contribution in [0.1, 0.15) is 34.5 Å². The number of methoxy groups -OCH3 is 1. The molecule has 4 rings (SSSR count). The molecule has 0 saturated heterocycles. The first-order valence-electron chi connectivity index (χ1n) is 10.4. The molecular weight excluding hydrogens is 410 g/mol. The Bertz CT molecular complexity index is 1090. The van der Waals surface area contributed by atoms with Crippen molar-refractivity contribution in [3.63, 3.8) is 0 Å². The van der Waals surface area contributed by atoms with Gasteiger partial charge in [-0.05, 0) is 55.4 Å². The van der Waals surface area contributed by atoms with Crippen LogP contribution in [0.2, 0.25) is 0 Å². The number of phenols is 1. The van der Waals surface area contributed by atoms with Crippen LogP contribution < -0.4 is 10.5 Å². The second-order valence-electron chi connectivity index (χ2n) is 8.05. The molecule has 0 radical (unpaired) electrons. The normalized spacial score (nSPS) is 13.2. The largest absolute Gasteiger partial charge is 0.504 e. The Balaban J connectivity index is 1.58. The van der Waals surface area contributed by atoms with Gasteiger partial charge < -0.3 is 20.5 Å². The molecule has 1 aromatic heterocycles. The van der Waals surface area contributed by atoms with Crippen LogP contribution in [-0.2, 0) is 6.42 Å². The molecule has 0 spiro atoms. The van der Waals surface area contributed by atoms with Crippen LogP contribution in [0.5, 0.6) is 11.5 Å². The van der Waals surface area contributed by atoms with Gasteiger partial charge >= 0.3 is 0 Å². The molecule has 1 amide bonds. The second-order valence-corrected chi connectivity index (χ2v) is 9.08. The molecule has 0 bridgehead atoms. The summed E-state index contributed by atoms with van der Waals surface area (Å²) in [5.74, 6) is 1.02. The summed E-state index contributed by atoms with van der Waals surface area (Å²) < 4.78 is 5.21. The lowest BCUT2D eigenvalue weighted by atomic mass is 10.1. The number of amides is 1. The van der Waals surface area contributed by atoms with Crippen molar-refractivity contribution in [3.8, 4) is 21.9 Å². The smallest absolute Gasteiger partial charge is 0.274 e. The summed E-state index contributed by atoms with van der Waals surface area (Å²) in [6.07, 6.45) is 2.97. The highest BCUT2D eigenvalue weighted by Gasteiger charge is 2.30. The maximum atomic E-state index is 13.5. The number of nitrogens with two attached hydrogens (primary N) is 1. The third-order valence-electron chi connectivity index (χ3n) is 5.50. The van der Waals surface area contributed by atoms with E-state index >= 15 is 0 Å². The van der Waals surface area contributed by atoms with Crippen molar-refractivity contribution in [2.24, 2.45) is 5.92 Å². The Kier molecular flexibility index (Phi) is 6.13. The number of carbonyl (C=O) groups excluding carboxylic acids is 1. The Morgan fingerprint density at radius 2 is 2.10 bits per heavy atom. The van der Waals surface area contributed by atoms with Gasteiger partial charge in [-0.2, -0.15) is 0 Å². The van der Waals surface area contributed by atoms with Gasteiger partial charge in [0.15, 0.2) is 16.6 Å². The Morgan fingerprint density at radius 1 is 1.29 bits per heavy atom. The molecule has 0 aliphatic heterocycles. The van der Waals surface area contributed by atoms with Crippen molar-refractivity contribution in [2.75, 3.05) is 25.9 Å². The number of thiazole rings is 1. The number of ether oxygens (including phenoxy) is 1. The van der Waals surface area contributed by atoms with E-state index in [4.69, 9.17) is 10.5 Å². The first-order chi connectivity index (χ1) is 14.9. The SMILES string of the molecule is COc1cc(CCN(CC2CC2)C(=O)c2nc(N)sc2-c2cccc(C)c2)ccc1O. The van der Waals surface area contributed by atoms with Crippen LogP contribution >= 0.6 is 11.3 Å². The zero-order valence-corrected chi connectivity index (χ0v) is 18.6. The van der Waals surface area contributed by atoms with Gasteiger partial charge in [-0.3, -0.25) is 4.79 Å². The van der Waals surface area contributed by atoms with E-state index in [1.54, 1.807) is 6.07 Å². The molecule has 2 aromatic carbocycles. The van der Waals surface area contributed by atoms with Crippen molar-refractivity contribution < 1.29 is 14.6 Å². The van der Waals surface area contributed by atoms with Crippen LogP contribution in [-0.4, -0.2) is 41.1 Å². The summed E-state index contributed by atoms with van der Waals surface area (Å²) in [4.78, 5) is 20.7. The summed E-state index contributed by atoms with van der Waals surface area (Å²) in [5.41, 5.74) is 9.53. The van der Waals surface area contributed by atoms with Gasteiger partial charge in [-0.15, -0.1) is 0 Å². The van der Waals surface area contributed by atoms with E-state index < -0.39 is 0 Å². The number of anilines is 1. The minimum absolute atomic E-state index is 0.0814. The summed E-state index contributed by atoms with van der Waals surface area (Å²) in [6.45, 7) is 3.31. The third-order valence-corrected chi connectivity index (χ3v) is 6.44. The molecule has 162 valence electrons. The predicted octanol–water partition coefficient (Wildman–Crippen LogP) is 4.51. The lowest BCUT2D eigenvalue weighted by Crippen LogP contribution is -2.35. The summed E-state index contributed by atoms with van der Waals surface area (Å²) >= 11 is 1.35. The fraction of sp³-hybridized carbons (Fsp3) is 0.333. The van der Waals surface area contributed by atoms with E-state index in [1.807, 2.05) is 42.2 Å². The molecule has 0 atom stereocenters. The number of carbonyl (C=O) groups is 1. The van der Waals surface area contributed by atoms with Gasteiger partial charge in [0.2, 0.25) is 0 Å². The number of benzene rings is 2. The molecule has 31 heavy (non-hydrogen) atoms. The number of rotatable bonds is 8. The Hall–Kier alpha value is -3.06. The van der Waals surface area contributed by atoms with Gasteiger partial charge in [0, 0.05) is 13.1 Å². The highest BCUT2D eigenvalue weighted by atomic mass is 32.1. The standard InChI is InChI=1S/C24H27N3O3S/c1-15-4-3-5-18(12-15)22-21(26-24(25)31-22)23(29)27(14-17-6-7-17)11-10-16-8-9-19(28)20(13-16)30-2/h3-5,8-9,12-13,17,28H,6-7,10-11,14H2,1-2H3,(H2,25,26). The molecule has 0 unspecified atom stereocenters. The fourth-order valence-electron chi connectivity index (χ4n) is 3.64. The maximum absolute atomic E-state index is 13.5. The lowest BCUT2D eigenvalue weighted by Gasteiger charge is -2.22. The average Bonchev–Trinajstić information content (AvgIpc) is 3.50. The topological polar surface area (TPSA) is 88.7 Å². The van der Waals surface area contributed by atoms with Crippen LogP contribution in [0.25, 0.3) is 10.4 Å². The maximum Gasteiger partial charge on any atom is 0.274 e. The molecule has 1 fully saturated rings. The molecule has 1 aliphatic rings. The van der Waals surface area contributed by atoms with E-state index in [0.717, 1.165) is 41.0 Å². The highest BCUT2D eigenvalue weighted by molar-refractivity contribution is 7.19. The molecule has 1 aliphatic carbocycles.